The fourth-order valence-corrected chi connectivity index (χ4v) is 2.80. The van der Waals surface area contributed by atoms with Crippen LogP contribution in [0.4, 0.5) is 0 Å². The Kier molecular flexibility index (Phi) is 11.2. The van der Waals surface area contributed by atoms with Crippen molar-refractivity contribution >= 4 is 0 Å². The third-order valence-corrected chi connectivity index (χ3v) is 3.72. The zero-order chi connectivity index (χ0) is 13.7. The van der Waals surface area contributed by atoms with Gasteiger partial charge < -0.3 is 4.48 Å². The Balaban J connectivity index is 4.04. The summed E-state index contributed by atoms with van der Waals surface area (Å²) in [5.74, 6) is 0. The van der Waals surface area contributed by atoms with Gasteiger partial charge >= 0.3 is 0 Å². The minimum Gasteiger partial charge on any atom is -0.317 e. The van der Waals surface area contributed by atoms with Crippen molar-refractivity contribution in [3.8, 4) is 0 Å². The molecule has 0 rings (SSSR count). The molecule has 1 nitrogen and oxygen atoms in total. The monoisotopic (exact) mass is 252 g/mol. The van der Waals surface area contributed by atoms with E-state index in [9.17, 15) is 0 Å². The van der Waals surface area contributed by atoms with Crippen LogP contribution in [0.25, 0.3) is 0 Å². The van der Waals surface area contributed by atoms with Crippen LogP contribution in [-0.4, -0.2) is 30.7 Å². The Morgan fingerprint density at radius 1 is 0.722 bits per heavy atom. The highest BCUT2D eigenvalue weighted by Crippen LogP contribution is 2.14. The molecule has 0 aliphatic rings. The Morgan fingerprint density at radius 2 is 1.28 bits per heavy atom. The normalized spacial score (nSPS) is 11.4. The second-order valence-electron chi connectivity index (χ2n) is 5.50. The van der Waals surface area contributed by atoms with Crippen molar-refractivity contribution in [2.45, 2.75) is 58.8 Å². The quantitative estimate of drug-likeness (QED) is 0.247. The molecule has 0 unspecified atom stereocenters. The Bertz CT molecular complexity index is 198. The minimum absolute atomic E-state index is 1.09. The molecule has 0 saturated carbocycles. The van der Waals surface area contributed by atoms with Gasteiger partial charge in [0, 0.05) is 0 Å². The molecule has 0 heterocycles. The standard InChI is InChI=1S/C17H34N/c1-5-9-10-11-12-13-17-18(14-6-2,15-7-3)16-8-4/h6-7H,2-3,5,8-17H2,1,4H3/q+1. The van der Waals surface area contributed by atoms with Gasteiger partial charge in [-0.1, -0.05) is 52.7 Å². The van der Waals surface area contributed by atoms with Gasteiger partial charge in [-0.05, 0) is 31.4 Å². The molecule has 0 N–H and O–H groups in total. The van der Waals surface area contributed by atoms with Gasteiger partial charge in [-0.25, -0.2) is 0 Å². The van der Waals surface area contributed by atoms with E-state index in [0.29, 0.717) is 0 Å². The fraction of sp³-hybridized carbons (Fsp3) is 0.765. The fourth-order valence-electron chi connectivity index (χ4n) is 2.80. The SMILES string of the molecule is C=CC[N+](CC=C)(CCC)CCCCCCCC. The van der Waals surface area contributed by atoms with E-state index < -0.39 is 0 Å². The topological polar surface area (TPSA) is 0 Å². The van der Waals surface area contributed by atoms with Crippen LogP contribution >= 0.6 is 0 Å². The molecule has 0 atom stereocenters. The van der Waals surface area contributed by atoms with Crippen molar-refractivity contribution in [2.24, 2.45) is 0 Å². The lowest BCUT2D eigenvalue weighted by molar-refractivity contribution is -0.917. The third kappa shape index (κ3) is 7.71. The predicted molar refractivity (Wildman–Crippen MR) is 83.8 cm³/mol. The average Bonchev–Trinajstić information content (AvgIpc) is 2.35. The van der Waals surface area contributed by atoms with Crippen LogP contribution in [0.2, 0.25) is 0 Å². The average molecular weight is 252 g/mol. The van der Waals surface area contributed by atoms with Gasteiger partial charge in [-0.15, -0.1) is 0 Å². The first kappa shape index (κ1) is 17.4. The van der Waals surface area contributed by atoms with Crippen molar-refractivity contribution in [3.05, 3.63) is 25.3 Å². The summed E-state index contributed by atoms with van der Waals surface area (Å²) in [6.45, 7) is 17.1. The van der Waals surface area contributed by atoms with Gasteiger partial charge in [0.2, 0.25) is 0 Å². The van der Waals surface area contributed by atoms with Gasteiger partial charge in [0.15, 0.2) is 0 Å². The van der Waals surface area contributed by atoms with E-state index in [4.69, 9.17) is 0 Å². The van der Waals surface area contributed by atoms with E-state index in [1.54, 1.807) is 0 Å². The van der Waals surface area contributed by atoms with Crippen molar-refractivity contribution in [2.75, 3.05) is 26.2 Å². The molecule has 0 radical (unpaired) electrons. The van der Waals surface area contributed by atoms with E-state index in [2.05, 4.69) is 39.2 Å². The highest BCUT2D eigenvalue weighted by atomic mass is 15.3. The summed E-state index contributed by atoms with van der Waals surface area (Å²) >= 11 is 0. The van der Waals surface area contributed by atoms with Crippen LogP contribution in [0.5, 0.6) is 0 Å². The Hall–Kier alpha value is -0.560. The number of hydrogen-bond donors (Lipinski definition) is 0. The molecule has 18 heavy (non-hydrogen) atoms. The molecule has 0 amide bonds. The van der Waals surface area contributed by atoms with Gasteiger partial charge in [-0.2, -0.15) is 0 Å². The molecule has 0 saturated heterocycles. The maximum atomic E-state index is 3.93. The highest BCUT2D eigenvalue weighted by Gasteiger charge is 2.22. The van der Waals surface area contributed by atoms with Gasteiger partial charge in [0.25, 0.3) is 0 Å². The first-order chi connectivity index (χ1) is 8.74. The maximum Gasteiger partial charge on any atom is 0.0973 e. The molecule has 0 aromatic heterocycles. The highest BCUT2D eigenvalue weighted by molar-refractivity contribution is 4.72. The van der Waals surface area contributed by atoms with Crippen LogP contribution < -0.4 is 0 Å². The van der Waals surface area contributed by atoms with Crippen molar-refractivity contribution < 1.29 is 4.48 Å². The first-order valence-electron chi connectivity index (χ1n) is 7.81. The number of quaternary nitrogens is 1. The minimum atomic E-state index is 1.09. The number of hydrogen-bond acceptors (Lipinski definition) is 0. The summed E-state index contributed by atoms with van der Waals surface area (Å²) in [5, 5.41) is 0. The molecule has 0 bridgehead atoms. The molecule has 0 aliphatic carbocycles. The van der Waals surface area contributed by atoms with Crippen LogP contribution in [0, 0.1) is 0 Å². The maximum absolute atomic E-state index is 3.93. The van der Waals surface area contributed by atoms with E-state index in [0.717, 1.165) is 17.6 Å². The van der Waals surface area contributed by atoms with E-state index in [1.807, 2.05) is 0 Å². The number of unbranched alkanes of at least 4 members (excludes halogenated alkanes) is 5. The second-order valence-corrected chi connectivity index (χ2v) is 5.50. The van der Waals surface area contributed by atoms with Crippen LogP contribution in [0.15, 0.2) is 25.3 Å². The van der Waals surface area contributed by atoms with Gasteiger partial charge in [0.1, 0.15) is 0 Å². The summed E-state index contributed by atoms with van der Waals surface area (Å²) in [6.07, 6.45) is 13.7. The molecule has 0 spiro atoms. The van der Waals surface area contributed by atoms with Crippen LogP contribution in [0.3, 0.4) is 0 Å². The molecule has 0 aromatic carbocycles. The Morgan fingerprint density at radius 3 is 1.78 bits per heavy atom. The summed E-state index contributed by atoms with van der Waals surface area (Å²) in [4.78, 5) is 0. The van der Waals surface area contributed by atoms with Crippen LogP contribution in [0.1, 0.15) is 58.8 Å². The van der Waals surface area contributed by atoms with Crippen LogP contribution in [-0.2, 0) is 0 Å². The molecule has 0 aliphatic heterocycles. The van der Waals surface area contributed by atoms with Gasteiger partial charge in [-0.3, -0.25) is 0 Å². The van der Waals surface area contributed by atoms with E-state index in [-0.39, 0.29) is 0 Å². The molecule has 0 aromatic rings. The lowest BCUT2D eigenvalue weighted by Gasteiger charge is -2.37. The zero-order valence-corrected chi connectivity index (χ0v) is 12.8. The summed E-state index contributed by atoms with van der Waals surface area (Å²) in [7, 11) is 0. The van der Waals surface area contributed by atoms with Gasteiger partial charge in [0.05, 0.1) is 26.2 Å². The molecular weight excluding hydrogens is 218 g/mol. The number of nitrogens with zero attached hydrogens (tertiary/aromatic N) is 1. The molecular formula is C17H34N+. The molecule has 0 fully saturated rings. The Labute approximate surface area is 115 Å². The predicted octanol–water partition coefficient (Wildman–Crippen LogP) is 4.95. The lowest BCUT2D eigenvalue weighted by Crippen LogP contribution is -2.49. The third-order valence-electron chi connectivity index (χ3n) is 3.72. The summed E-state index contributed by atoms with van der Waals surface area (Å²) in [5.41, 5.74) is 0. The second kappa shape index (κ2) is 11.5. The largest absolute Gasteiger partial charge is 0.317 e. The molecule has 1 heteroatoms. The number of rotatable bonds is 13. The van der Waals surface area contributed by atoms with Crippen molar-refractivity contribution in [3.63, 3.8) is 0 Å². The summed E-state index contributed by atoms with van der Waals surface area (Å²) in [6, 6.07) is 0. The van der Waals surface area contributed by atoms with E-state index in [1.165, 1.54) is 58.0 Å². The zero-order valence-electron chi connectivity index (χ0n) is 12.8. The smallest absolute Gasteiger partial charge is 0.0973 e. The van der Waals surface area contributed by atoms with E-state index >= 15 is 0 Å². The first-order valence-corrected chi connectivity index (χ1v) is 7.81. The molecule has 106 valence electrons. The summed E-state index contributed by atoms with van der Waals surface area (Å²) < 4.78 is 1.16. The lowest BCUT2D eigenvalue weighted by atomic mass is 10.1. The van der Waals surface area contributed by atoms with Crippen molar-refractivity contribution in [1.82, 2.24) is 0 Å². The van der Waals surface area contributed by atoms with Crippen molar-refractivity contribution in [1.29, 1.82) is 0 Å².